The predicted octanol–water partition coefficient (Wildman–Crippen LogP) is 2.56. The highest BCUT2D eigenvalue weighted by molar-refractivity contribution is 5.77. The molecule has 1 heterocycles. The number of hydrogen-bond acceptors (Lipinski definition) is 2. The molecule has 2 rings (SSSR count). The van der Waals surface area contributed by atoms with Crippen LogP contribution in [-0.2, 0) is 4.79 Å². The van der Waals surface area contributed by atoms with Gasteiger partial charge in [-0.1, -0.05) is 26.2 Å². The van der Waals surface area contributed by atoms with Crippen LogP contribution in [0.4, 0.5) is 0 Å². The molecule has 0 bridgehead atoms. The monoisotopic (exact) mass is 252 g/mol. The third kappa shape index (κ3) is 3.47. The topological polar surface area (TPSA) is 32.3 Å². The van der Waals surface area contributed by atoms with Gasteiger partial charge in [0, 0.05) is 25.6 Å². The number of piperidine rings is 1. The van der Waals surface area contributed by atoms with Crippen molar-refractivity contribution in [1.82, 2.24) is 10.2 Å². The summed E-state index contributed by atoms with van der Waals surface area (Å²) in [6, 6.07) is 0.905. The van der Waals surface area contributed by atoms with Crippen LogP contribution in [0, 0.1) is 5.92 Å². The standard InChI is InChI=1S/C15H28N2O/c1-12-7-3-4-9-14(12)17(2)15(18)11-13-8-5-6-10-16-13/h12-14,16H,3-11H2,1-2H3. The van der Waals surface area contributed by atoms with Crippen LogP contribution in [0.15, 0.2) is 0 Å². The van der Waals surface area contributed by atoms with Gasteiger partial charge in [-0.25, -0.2) is 0 Å². The van der Waals surface area contributed by atoms with Gasteiger partial charge < -0.3 is 10.2 Å². The highest BCUT2D eigenvalue weighted by atomic mass is 16.2. The highest BCUT2D eigenvalue weighted by Gasteiger charge is 2.29. The van der Waals surface area contributed by atoms with Crippen LogP contribution >= 0.6 is 0 Å². The summed E-state index contributed by atoms with van der Waals surface area (Å²) in [6.07, 6.45) is 9.50. The molecule has 1 amide bonds. The number of nitrogens with zero attached hydrogens (tertiary/aromatic N) is 1. The molecule has 1 saturated carbocycles. The van der Waals surface area contributed by atoms with Crippen LogP contribution in [0.2, 0.25) is 0 Å². The third-order valence-electron chi connectivity index (χ3n) is 4.79. The predicted molar refractivity (Wildman–Crippen MR) is 74.4 cm³/mol. The molecule has 1 saturated heterocycles. The first-order valence-electron chi connectivity index (χ1n) is 7.67. The molecule has 0 aromatic rings. The van der Waals surface area contributed by atoms with Gasteiger partial charge in [-0.2, -0.15) is 0 Å². The molecule has 1 aliphatic heterocycles. The molecule has 18 heavy (non-hydrogen) atoms. The minimum absolute atomic E-state index is 0.341. The van der Waals surface area contributed by atoms with E-state index in [2.05, 4.69) is 12.2 Å². The fraction of sp³-hybridized carbons (Fsp3) is 0.933. The average Bonchev–Trinajstić information content (AvgIpc) is 2.39. The normalized spacial score (nSPS) is 33.1. The molecule has 104 valence electrons. The third-order valence-corrected chi connectivity index (χ3v) is 4.79. The van der Waals surface area contributed by atoms with Gasteiger partial charge in [0.25, 0.3) is 0 Å². The van der Waals surface area contributed by atoms with E-state index in [0.717, 1.165) is 6.54 Å². The second kappa shape index (κ2) is 6.55. The van der Waals surface area contributed by atoms with Gasteiger partial charge in [0.15, 0.2) is 0 Å². The van der Waals surface area contributed by atoms with E-state index in [1.807, 2.05) is 11.9 Å². The molecule has 2 fully saturated rings. The summed E-state index contributed by atoms with van der Waals surface area (Å²) in [6.45, 7) is 3.38. The number of hydrogen-bond donors (Lipinski definition) is 1. The Kier molecular flexibility index (Phi) is 5.04. The van der Waals surface area contributed by atoms with E-state index >= 15 is 0 Å². The fourth-order valence-electron chi connectivity index (χ4n) is 3.51. The Hall–Kier alpha value is -0.570. The lowest BCUT2D eigenvalue weighted by atomic mass is 9.85. The van der Waals surface area contributed by atoms with Gasteiger partial charge in [0.2, 0.25) is 5.91 Å². The number of rotatable bonds is 3. The Morgan fingerprint density at radius 3 is 2.56 bits per heavy atom. The SMILES string of the molecule is CC1CCCCC1N(C)C(=O)CC1CCCCN1. The lowest BCUT2D eigenvalue weighted by Gasteiger charge is -2.37. The van der Waals surface area contributed by atoms with Crippen molar-refractivity contribution in [2.75, 3.05) is 13.6 Å². The summed E-state index contributed by atoms with van der Waals surface area (Å²) >= 11 is 0. The Morgan fingerprint density at radius 1 is 1.17 bits per heavy atom. The van der Waals surface area contributed by atoms with Crippen molar-refractivity contribution in [2.45, 2.75) is 70.4 Å². The molecule has 0 spiro atoms. The van der Waals surface area contributed by atoms with Crippen molar-refractivity contribution in [3.8, 4) is 0 Å². The molecule has 1 aliphatic carbocycles. The second-order valence-corrected chi connectivity index (χ2v) is 6.18. The Balaban J connectivity index is 1.83. The van der Waals surface area contributed by atoms with E-state index in [1.165, 1.54) is 44.9 Å². The van der Waals surface area contributed by atoms with Crippen LogP contribution < -0.4 is 5.32 Å². The van der Waals surface area contributed by atoms with Crippen molar-refractivity contribution in [3.05, 3.63) is 0 Å². The highest BCUT2D eigenvalue weighted by Crippen LogP contribution is 2.28. The first-order valence-corrected chi connectivity index (χ1v) is 7.67. The zero-order chi connectivity index (χ0) is 13.0. The summed E-state index contributed by atoms with van der Waals surface area (Å²) < 4.78 is 0. The smallest absolute Gasteiger partial charge is 0.224 e. The largest absolute Gasteiger partial charge is 0.342 e. The van der Waals surface area contributed by atoms with Crippen molar-refractivity contribution >= 4 is 5.91 Å². The van der Waals surface area contributed by atoms with Crippen molar-refractivity contribution in [2.24, 2.45) is 5.92 Å². The number of nitrogens with one attached hydrogen (secondary N) is 1. The first kappa shape index (κ1) is 13.9. The zero-order valence-electron chi connectivity index (χ0n) is 12.0. The van der Waals surface area contributed by atoms with Crippen molar-refractivity contribution < 1.29 is 4.79 Å². The summed E-state index contributed by atoms with van der Waals surface area (Å²) in [5, 5.41) is 3.47. The summed E-state index contributed by atoms with van der Waals surface area (Å²) in [4.78, 5) is 14.4. The molecule has 3 atom stereocenters. The van der Waals surface area contributed by atoms with E-state index in [1.54, 1.807) is 0 Å². The quantitative estimate of drug-likeness (QED) is 0.837. The van der Waals surface area contributed by atoms with Gasteiger partial charge in [-0.15, -0.1) is 0 Å². The van der Waals surface area contributed by atoms with Crippen LogP contribution in [0.5, 0.6) is 0 Å². The van der Waals surface area contributed by atoms with Gasteiger partial charge >= 0.3 is 0 Å². The number of amides is 1. The Bertz CT molecular complexity index is 274. The molecule has 3 unspecified atom stereocenters. The Morgan fingerprint density at radius 2 is 1.89 bits per heavy atom. The van der Waals surface area contributed by atoms with Gasteiger partial charge in [-0.05, 0) is 38.1 Å². The molecule has 0 aromatic heterocycles. The molecular formula is C15H28N2O. The van der Waals surface area contributed by atoms with Crippen molar-refractivity contribution in [3.63, 3.8) is 0 Å². The Labute approximate surface area is 111 Å². The summed E-state index contributed by atoms with van der Waals surface area (Å²) in [7, 11) is 2.01. The van der Waals surface area contributed by atoms with Gasteiger partial charge in [0.05, 0.1) is 0 Å². The zero-order valence-corrected chi connectivity index (χ0v) is 12.0. The molecule has 0 aromatic carbocycles. The molecule has 0 radical (unpaired) electrons. The van der Waals surface area contributed by atoms with Crippen LogP contribution in [-0.4, -0.2) is 36.5 Å². The number of carbonyl (C=O) groups excluding carboxylic acids is 1. The molecule has 3 heteroatoms. The lowest BCUT2D eigenvalue weighted by Crippen LogP contribution is -2.45. The van der Waals surface area contributed by atoms with Crippen LogP contribution in [0.25, 0.3) is 0 Å². The number of carbonyl (C=O) groups is 1. The van der Waals surface area contributed by atoms with Crippen LogP contribution in [0.1, 0.15) is 58.3 Å². The van der Waals surface area contributed by atoms with Gasteiger partial charge in [0.1, 0.15) is 0 Å². The van der Waals surface area contributed by atoms with E-state index < -0.39 is 0 Å². The van der Waals surface area contributed by atoms with E-state index in [4.69, 9.17) is 0 Å². The van der Waals surface area contributed by atoms with Crippen molar-refractivity contribution in [1.29, 1.82) is 0 Å². The minimum Gasteiger partial charge on any atom is -0.342 e. The summed E-state index contributed by atoms with van der Waals surface area (Å²) in [5.74, 6) is 1.01. The van der Waals surface area contributed by atoms with Gasteiger partial charge in [-0.3, -0.25) is 4.79 Å². The fourth-order valence-corrected chi connectivity index (χ4v) is 3.51. The molecular weight excluding hydrogens is 224 g/mol. The summed E-state index contributed by atoms with van der Waals surface area (Å²) in [5.41, 5.74) is 0. The minimum atomic E-state index is 0.341. The van der Waals surface area contributed by atoms with Crippen LogP contribution in [0.3, 0.4) is 0 Å². The molecule has 3 nitrogen and oxygen atoms in total. The second-order valence-electron chi connectivity index (χ2n) is 6.18. The van der Waals surface area contributed by atoms with E-state index in [9.17, 15) is 4.79 Å². The molecule has 1 N–H and O–H groups in total. The average molecular weight is 252 g/mol. The maximum absolute atomic E-state index is 12.3. The maximum atomic E-state index is 12.3. The van der Waals surface area contributed by atoms with E-state index in [0.29, 0.717) is 30.3 Å². The maximum Gasteiger partial charge on any atom is 0.224 e. The molecule has 2 aliphatic rings. The van der Waals surface area contributed by atoms with E-state index in [-0.39, 0.29) is 0 Å². The first-order chi connectivity index (χ1) is 8.68. The lowest BCUT2D eigenvalue weighted by molar-refractivity contribution is -0.134.